The van der Waals surface area contributed by atoms with Crippen LogP contribution in [-0.4, -0.2) is 30.3 Å². The van der Waals surface area contributed by atoms with Gasteiger partial charge in [-0.3, -0.25) is 10.1 Å². The van der Waals surface area contributed by atoms with E-state index in [9.17, 15) is 4.79 Å². The van der Waals surface area contributed by atoms with E-state index in [1.54, 1.807) is 44.6 Å². The maximum Gasteiger partial charge on any atom is 0.322 e. The average Bonchev–Trinajstić information content (AvgIpc) is 3.28. The summed E-state index contributed by atoms with van der Waals surface area (Å²) >= 11 is 0. The topological polar surface area (TPSA) is 86.5 Å². The van der Waals surface area contributed by atoms with Crippen LogP contribution in [0.4, 0.5) is 6.01 Å². The summed E-state index contributed by atoms with van der Waals surface area (Å²) in [6.07, 6.45) is 0. The molecular formula is C23H19N3O4. The van der Waals surface area contributed by atoms with Gasteiger partial charge in [-0.25, -0.2) is 0 Å². The third-order valence-electron chi connectivity index (χ3n) is 4.50. The summed E-state index contributed by atoms with van der Waals surface area (Å²) in [7, 11) is 3.11. The fourth-order valence-electron chi connectivity index (χ4n) is 2.94. The summed E-state index contributed by atoms with van der Waals surface area (Å²) in [6, 6.07) is 22.5. The van der Waals surface area contributed by atoms with Crippen LogP contribution >= 0.6 is 0 Å². The first-order valence-corrected chi connectivity index (χ1v) is 9.20. The lowest BCUT2D eigenvalue weighted by Gasteiger charge is -2.06. The van der Waals surface area contributed by atoms with E-state index in [4.69, 9.17) is 13.9 Å². The minimum absolute atomic E-state index is 0.00363. The Hall–Kier alpha value is -4.13. The van der Waals surface area contributed by atoms with Crippen LogP contribution in [0.25, 0.3) is 22.6 Å². The molecule has 1 heterocycles. The molecule has 0 aliphatic rings. The van der Waals surface area contributed by atoms with Crippen LogP contribution in [0, 0.1) is 0 Å². The van der Waals surface area contributed by atoms with E-state index in [0.29, 0.717) is 22.6 Å². The molecule has 150 valence electrons. The highest BCUT2D eigenvalue weighted by molar-refractivity contribution is 6.03. The van der Waals surface area contributed by atoms with Crippen LogP contribution in [0.15, 0.2) is 77.2 Å². The summed E-state index contributed by atoms with van der Waals surface area (Å²) in [5.74, 6) is 1.08. The number of carbonyl (C=O) groups excluding carboxylic acids is 1. The lowest BCUT2D eigenvalue weighted by atomic mass is 10.0. The highest BCUT2D eigenvalue weighted by atomic mass is 16.5. The number of nitrogens with one attached hydrogen (secondary N) is 1. The minimum atomic E-state index is -0.340. The van der Waals surface area contributed by atoms with Crippen LogP contribution < -0.4 is 14.8 Å². The van der Waals surface area contributed by atoms with Gasteiger partial charge in [0.25, 0.3) is 5.91 Å². The first-order chi connectivity index (χ1) is 14.7. The molecule has 7 heteroatoms. The van der Waals surface area contributed by atoms with Crippen molar-refractivity contribution in [3.05, 3.63) is 78.4 Å². The first kappa shape index (κ1) is 19.2. The highest BCUT2D eigenvalue weighted by Crippen LogP contribution is 2.29. The number of nitrogens with zero attached hydrogens (tertiary/aromatic N) is 2. The van der Waals surface area contributed by atoms with Crippen molar-refractivity contribution in [2.75, 3.05) is 19.5 Å². The number of ether oxygens (including phenoxy) is 2. The monoisotopic (exact) mass is 401 g/mol. The average molecular weight is 401 g/mol. The van der Waals surface area contributed by atoms with Crippen molar-refractivity contribution in [2.24, 2.45) is 0 Å². The van der Waals surface area contributed by atoms with Gasteiger partial charge in [-0.05, 0) is 35.4 Å². The van der Waals surface area contributed by atoms with Gasteiger partial charge in [-0.1, -0.05) is 47.6 Å². The molecule has 1 amide bonds. The number of benzene rings is 3. The molecule has 0 unspecified atom stereocenters. The second-order valence-corrected chi connectivity index (χ2v) is 6.41. The van der Waals surface area contributed by atoms with Gasteiger partial charge < -0.3 is 13.9 Å². The number of methoxy groups -OCH3 is 2. The van der Waals surface area contributed by atoms with E-state index in [0.717, 1.165) is 11.1 Å². The molecule has 3 aromatic carbocycles. The molecule has 4 rings (SSSR count). The Morgan fingerprint density at radius 3 is 2.07 bits per heavy atom. The van der Waals surface area contributed by atoms with Crippen molar-refractivity contribution in [1.82, 2.24) is 10.2 Å². The molecule has 0 aliphatic carbocycles. The number of hydrogen-bond donors (Lipinski definition) is 1. The summed E-state index contributed by atoms with van der Waals surface area (Å²) in [4.78, 5) is 12.5. The molecule has 0 radical (unpaired) electrons. The Kier molecular flexibility index (Phi) is 5.43. The van der Waals surface area contributed by atoms with Crippen LogP contribution in [0.5, 0.6) is 11.5 Å². The van der Waals surface area contributed by atoms with Crippen molar-refractivity contribution in [3.63, 3.8) is 0 Å². The first-order valence-electron chi connectivity index (χ1n) is 9.20. The van der Waals surface area contributed by atoms with Gasteiger partial charge in [0.15, 0.2) is 0 Å². The van der Waals surface area contributed by atoms with E-state index >= 15 is 0 Å². The fraction of sp³-hybridized carbons (Fsp3) is 0.0870. The van der Waals surface area contributed by atoms with E-state index < -0.39 is 0 Å². The molecule has 0 spiro atoms. The molecule has 0 fully saturated rings. The summed E-state index contributed by atoms with van der Waals surface area (Å²) in [5.41, 5.74) is 3.21. The third kappa shape index (κ3) is 4.15. The highest BCUT2D eigenvalue weighted by Gasteiger charge is 2.14. The normalized spacial score (nSPS) is 10.5. The molecule has 0 saturated carbocycles. The minimum Gasteiger partial charge on any atom is -0.497 e. The maximum absolute atomic E-state index is 12.5. The van der Waals surface area contributed by atoms with Gasteiger partial charge in [0.2, 0.25) is 5.89 Å². The number of anilines is 1. The van der Waals surface area contributed by atoms with Crippen LogP contribution in [0.1, 0.15) is 10.4 Å². The van der Waals surface area contributed by atoms with E-state index in [2.05, 4.69) is 15.5 Å². The van der Waals surface area contributed by atoms with Crippen LogP contribution in [-0.2, 0) is 0 Å². The zero-order valence-electron chi connectivity index (χ0n) is 16.5. The Morgan fingerprint density at radius 1 is 0.800 bits per heavy atom. The van der Waals surface area contributed by atoms with E-state index in [-0.39, 0.29) is 17.8 Å². The number of carbonyl (C=O) groups is 1. The maximum atomic E-state index is 12.5. The second-order valence-electron chi connectivity index (χ2n) is 6.41. The van der Waals surface area contributed by atoms with Crippen molar-refractivity contribution < 1.29 is 18.7 Å². The summed E-state index contributed by atoms with van der Waals surface area (Å²) in [6.45, 7) is 0. The fourth-order valence-corrected chi connectivity index (χ4v) is 2.94. The summed E-state index contributed by atoms with van der Waals surface area (Å²) < 4.78 is 16.1. The Bertz CT molecular complexity index is 1130. The molecule has 30 heavy (non-hydrogen) atoms. The molecule has 0 atom stereocenters. The van der Waals surface area contributed by atoms with Gasteiger partial charge in [0.1, 0.15) is 11.5 Å². The summed E-state index contributed by atoms with van der Waals surface area (Å²) in [5, 5.41) is 10.5. The third-order valence-corrected chi connectivity index (χ3v) is 4.50. The molecule has 0 bridgehead atoms. The molecular weight excluding hydrogens is 382 g/mol. The number of amides is 1. The zero-order valence-corrected chi connectivity index (χ0v) is 16.5. The predicted molar refractivity (Wildman–Crippen MR) is 113 cm³/mol. The van der Waals surface area contributed by atoms with Gasteiger partial charge in [0.05, 0.1) is 14.2 Å². The zero-order chi connectivity index (χ0) is 20.9. The van der Waals surface area contributed by atoms with Gasteiger partial charge >= 0.3 is 6.01 Å². The standard InChI is InChI=1S/C23H19N3O4/c1-28-19-12-18(13-20(14-19)29-2)22-25-26-23(30-22)24-21(27)17-10-8-16(9-11-17)15-6-4-3-5-7-15/h3-14H,1-2H3,(H,24,26,27). The molecule has 0 saturated heterocycles. The number of aromatic nitrogens is 2. The molecule has 4 aromatic rings. The van der Waals surface area contributed by atoms with Gasteiger partial charge in [0, 0.05) is 17.2 Å². The molecule has 1 N–H and O–H groups in total. The largest absolute Gasteiger partial charge is 0.497 e. The number of rotatable bonds is 6. The lowest BCUT2D eigenvalue weighted by Crippen LogP contribution is -2.11. The van der Waals surface area contributed by atoms with Crippen molar-refractivity contribution in [1.29, 1.82) is 0 Å². The SMILES string of the molecule is COc1cc(OC)cc(-c2nnc(NC(=O)c3ccc(-c4ccccc4)cc3)o2)c1. The van der Waals surface area contributed by atoms with Crippen molar-refractivity contribution >= 4 is 11.9 Å². The Morgan fingerprint density at radius 2 is 1.43 bits per heavy atom. The van der Waals surface area contributed by atoms with E-state index in [1.165, 1.54) is 0 Å². The van der Waals surface area contributed by atoms with E-state index in [1.807, 2.05) is 42.5 Å². The van der Waals surface area contributed by atoms with Gasteiger partial charge in [-0.2, -0.15) is 0 Å². The van der Waals surface area contributed by atoms with Crippen LogP contribution in [0.2, 0.25) is 0 Å². The number of hydrogen-bond acceptors (Lipinski definition) is 6. The van der Waals surface area contributed by atoms with Crippen molar-refractivity contribution in [3.8, 4) is 34.1 Å². The quantitative estimate of drug-likeness (QED) is 0.505. The predicted octanol–water partition coefficient (Wildman–Crippen LogP) is 4.67. The van der Waals surface area contributed by atoms with Gasteiger partial charge in [-0.15, -0.1) is 5.10 Å². The molecule has 7 nitrogen and oxygen atoms in total. The molecule has 0 aliphatic heterocycles. The smallest absolute Gasteiger partial charge is 0.322 e. The second kappa shape index (κ2) is 8.48. The lowest BCUT2D eigenvalue weighted by molar-refractivity contribution is 0.102. The molecule has 1 aromatic heterocycles. The Labute approximate surface area is 173 Å². The van der Waals surface area contributed by atoms with Crippen LogP contribution in [0.3, 0.4) is 0 Å². The Balaban J connectivity index is 1.49. The van der Waals surface area contributed by atoms with Crippen molar-refractivity contribution in [2.45, 2.75) is 0 Å².